The first-order chi connectivity index (χ1) is 14.8. The Kier molecular flexibility index (Phi) is 8.37. The summed E-state index contributed by atoms with van der Waals surface area (Å²) in [6, 6.07) is 6.88. The van der Waals surface area contributed by atoms with Gasteiger partial charge in [0.2, 0.25) is 5.91 Å². The highest BCUT2D eigenvalue weighted by molar-refractivity contribution is 7.93. The van der Waals surface area contributed by atoms with Crippen LogP contribution in [-0.2, 0) is 30.6 Å². The summed E-state index contributed by atoms with van der Waals surface area (Å²) in [7, 11) is -4.34. The number of rotatable bonds is 9. The predicted molar refractivity (Wildman–Crippen MR) is 111 cm³/mol. The summed E-state index contributed by atoms with van der Waals surface area (Å²) >= 11 is 0. The molecule has 6 N–H and O–H groups in total. The summed E-state index contributed by atoms with van der Waals surface area (Å²) in [5, 5.41) is 50.9. The van der Waals surface area contributed by atoms with Crippen molar-refractivity contribution in [2.24, 2.45) is 5.92 Å². The van der Waals surface area contributed by atoms with Crippen LogP contribution in [0.5, 0.6) is 0 Å². The molecule has 0 aliphatic carbocycles. The lowest BCUT2D eigenvalue weighted by Crippen LogP contribution is -2.66. The minimum absolute atomic E-state index is 0.0598. The molecule has 0 aromatic heterocycles. The molecule has 1 amide bonds. The van der Waals surface area contributed by atoms with Crippen molar-refractivity contribution in [1.82, 2.24) is 5.32 Å². The quantitative estimate of drug-likeness (QED) is 0.234. The van der Waals surface area contributed by atoms with E-state index in [1.165, 1.54) is 0 Å². The maximum atomic E-state index is 13.0. The molecule has 0 saturated carbocycles. The molecule has 1 saturated heterocycles. The van der Waals surface area contributed by atoms with Crippen molar-refractivity contribution in [2.45, 2.75) is 55.7 Å². The maximum absolute atomic E-state index is 13.0. The molecule has 0 radical (unpaired) electrons. The molecule has 32 heavy (non-hydrogen) atoms. The normalized spacial score (nSPS) is 27.5. The Morgan fingerprint density at radius 1 is 1.12 bits per heavy atom. The van der Waals surface area contributed by atoms with Gasteiger partial charge in [-0.25, -0.2) is 8.42 Å². The van der Waals surface area contributed by atoms with Crippen molar-refractivity contribution in [3.63, 3.8) is 0 Å². The van der Waals surface area contributed by atoms with Gasteiger partial charge in [0, 0.05) is 0 Å². The number of aliphatic hydroxyl groups excluding tert-OH is 4. The Hall–Kier alpha value is -2.09. The van der Waals surface area contributed by atoms with E-state index in [4.69, 9.17) is 9.84 Å². The first kappa shape index (κ1) is 26.2. The van der Waals surface area contributed by atoms with Gasteiger partial charge in [0.25, 0.3) is 0 Å². The minimum Gasteiger partial charge on any atom is -0.481 e. The summed E-state index contributed by atoms with van der Waals surface area (Å²) in [6.45, 7) is 1.46. The summed E-state index contributed by atoms with van der Waals surface area (Å²) in [4.78, 5) is 24.5. The third kappa shape index (κ3) is 5.63. The number of carbonyl (C=O) groups is 2. The van der Waals surface area contributed by atoms with E-state index in [9.17, 15) is 38.4 Å². The van der Waals surface area contributed by atoms with Crippen LogP contribution in [0.25, 0.3) is 0 Å². The Bertz CT molecular complexity index is 904. The maximum Gasteiger partial charge on any atom is 0.307 e. The van der Waals surface area contributed by atoms with E-state index in [0.717, 1.165) is 13.8 Å². The molecule has 0 bridgehead atoms. The third-order valence-electron chi connectivity index (χ3n) is 5.62. The number of carbonyl (C=O) groups excluding carboxylic acids is 1. The van der Waals surface area contributed by atoms with E-state index in [1.807, 2.05) is 0 Å². The number of carboxylic acid groups (broad SMARTS) is 1. The van der Waals surface area contributed by atoms with Gasteiger partial charge in [0.05, 0.1) is 18.3 Å². The van der Waals surface area contributed by atoms with Gasteiger partial charge >= 0.3 is 5.97 Å². The second kappa shape index (κ2) is 10.2. The van der Waals surface area contributed by atoms with E-state index < -0.39 is 75.4 Å². The zero-order chi connectivity index (χ0) is 24.3. The fourth-order valence-corrected chi connectivity index (χ4v) is 4.86. The van der Waals surface area contributed by atoms with Crippen LogP contribution in [0.3, 0.4) is 0 Å². The van der Waals surface area contributed by atoms with E-state index in [2.05, 4.69) is 5.32 Å². The second-order valence-electron chi connectivity index (χ2n) is 8.24. The number of aliphatic carboxylic acids is 1. The van der Waals surface area contributed by atoms with Crippen LogP contribution in [0.15, 0.2) is 30.3 Å². The van der Waals surface area contributed by atoms with Crippen molar-refractivity contribution >= 4 is 21.7 Å². The lowest BCUT2D eigenvalue weighted by molar-refractivity contribution is -0.254. The number of hydrogen-bond acceptors (Lipinski definition) is 9. The van der Waals surface area contributed by atoms with Gasteiger partial charge in [-0.15, -0.1) is 0 Å². The minimum atomic E-state index is -4.34. The third-order valence-corrected chi connectivity index (χ3v) is 8.20. The van der Waals surface area contributed by atoms with Gasteiger partial charge in [-0.05, 0) is 25.8 Å². The Labute approximate surface area is 185 Å². The van der Waals surface area contributed by atoms with Crippen LogP contribution in [0.2, 0.25) is 0 Å². The number of aliphatic hydroxyl groups is 4. The summed E-state index contributed by atoms with van der Waals surface area (Å²) < 4.78 is 28.8. The van der Waals surface area contributed by atoms with Gasteiger partial charge in [-0.2, -0.15) is 0 Å². The molecule has 1 aromatic carbocycles. The topological polar surface area (TPSA) is 191 Å². The molecule has 6 atom stereocenters. The molecule has 2 rings (SSSR count). The fraction of sp³-hybridized carbons (Fsp3) is 0.600. The molecule has 1 aromatic rings. The summed E-state index contributed by atoms with van der Waals surface area (Å²) in [5.74, 6) is -4.59. The van der Waals surface area contributed by atoms with Crippen LogP contribution >= 0.6 is 0 Å². The number of ether oxygens (including phenoxy) is 1. The number of sulfone groups is 1. The van der Waals surface area contributed by atoms with Crippen LogP contribution in [0.4, 0.5) is 0 Å². The van der Waals surface area contributed by atoms with Crippen LogP contribution in [0.1, 0.15) is 19.4 Å². The molecule has 180 valence electrons. The van der Waals surface area contributed by atoms with Crippen LogP contribution in [-0.4, -0.2) is 93.6 Å². The lowest BCUT2D eigenvalue weighted by Gasteiger charge is -2.41. The summed E-state index contributed by atoms with van der Waals surface area (Å²) in [6.07, 6.45) is -6.56. The van der Waals surface area contributed by atoms with Gasteiger partial charge in [0.15, 0.2) is 16.1 Å². The molecular formula is C20H29NO10S. The molecule has 1 heterocycles. The highest BCUT2D eigenvalue weighted by Gasteiger charge is 2.49. The van der Waals surface area contributed by atoms with Crippen molar-refractivity contribution in [1.29, 1.82) is 0 Å². The number of hydrogen-bond donors (Lipinski definition) is 6. The molecular weight excluding hydrogens is 446 g/mol. The summed E-state index contributed by atoms with van der Waals surface area (Å²) in [5.41, 5.74) is 0.621. The van der Waals surface area contributed by atoms with Crippen molar-refractivity contribution in [2.75, 3.05) is 12.4 Å². The highest BCUT2D eigenvalue weighted by atomic mass is 32.2. The predicted octanol–water partition coefficient (Wildman–Crippen LogP) is -1.96. The van der Waals surface area contributed by atoms with Crippen molar-refractivity contribution in [3.8, 4) is 0 Å². The monoisotopic (exact) mass is 475 g/mol. The largest absolute Gasteiger partial charge is 0.481 e. The lowest BCUT2D eigenvalue weighted by atomic mass is 9.96. The van der Waals surface area contributed by atoms with Crippen LogP contribution < -0.4 is 5.32 Å². The molecule has 1 aliphatic heterocycles. The average molecular weight is 476 g/mol. The molecule has 1 unspecified atom stereocenters. The number of amides is 1. The molecule has 12 heteroatoms. The van der Waals surface area contributed by atoms with Gasteiger partial charge < -0.3 is 35.6 Å². The van der Waals surface area contributed by atoms with E-state index in [-0.39, 0.29) is 6.42 Å². The molecule has 0 spiro atoms. The molecule has 1 fully saturated rings. The average Bonchev–Trinajstić information content (AvgIpc) is 2.73. The van der Waals surface area contributed by atoms with Crippen molar-refractivity contribution < 1.29 is 48.3 Å². The Morgan fingerprint density at radius 2 is 1.72 bits per heavy atom. The standard InChI is InChI=1S/C20H29NO10S/c1-20(2,19(28)21-14-16(24)15(23)13(9-22)31-18(14)27)32(29,30)10-12(17(25)26)8-11-6-4-3-5-7-11/h3-7,12-16,18,22-24,27H,8-10H2,1-2H3,(H,21,28)(H,25,26)/t12?,13-,14+,15-,16-,18+/m1/s1. The van der Waals surface area contributed by atoms with Gasteiger partial charge in [-0.3, -0.25) is 9.59 Å². The second-order valence-corrected chi connectivity index (χ2v) is 10.8. The first-order valence-corrected chi connectivity index (χ1v) is 11.6. The van der Waals surface area contributed by atoms with Crippen molar-refractivity contribution in [3.05, 3.63) is 35.9 Å². The zero-order valence-electron chi connectivity index (χ0n) is 17.7. The fourth-order valence-electron chi connectivity index (χ4n) is 3.31. The molecule has 11 nitrogen and oxygen atoms in total. The van der Waals surface area contributed by atoms with Gasteiger partial charge in [0.1, 0.15) is 29.1 Å². The van der Waals surface area contributed by atoms with E-state index >= 15 is 0 Å². The first-order valence-electron chi connectivity index (χ1n) is 9.92. The highest BCUT2D eigenvalue weighted by Crippen LogP contribution is 2.25. The number of carboxylic acids is 1. The van der Waals surface area contributed by atoms with Crippen LogP contribution in [0, 0.1) is 5.92 Å². The SMILES string of the molecule is CC(C)(C(=O)N[C@H]1[C@@H](O)[C@H](O)[C@@H](CO)O[C@@H]1O)S(=O)(=O)CC(Cc1ccccc1)C(=O)O. The van der Waals surface area contributed by atoms with E-state index in [0.29, 0.717) is 5.56 Å². The van der Waals surface area contributed by atoms with Gasteiger partial charge in [-0.1, -0.05) is 30.3 Å². The smallest absolute Gasteiger partial charge is 0.307 e. The zero-order valence-corrected chi connectivity index (χ0v) is 18.5. The Morgan fingerprint density at radius 3 is 2.25 bits per heavy atom. The number of nitrogens with one attached hydrogen (secondary N) is 1. The number of benzene rings is 1. The Balaban J connectivity index is 2.17. The molecule has 1 aliphatic rings. The van der Waals surface area contributed by atoms with E-state index in [1.54, 1.807) is 30.3 Å².